The summed E-state index contributed by atoms with van der Waals surface area (Å²) in [6.45, 7) is 0. The summed E-state index contributed by atoms with van der Waals surface area (Å²) in [4.78, 5) is 2.10. The van der Waals surface area contributed by atoms with Crippen LogP contribution in [0.5, 0.6) is 11.5 Å². The molecule has 1 aromatic rings. The van der Waals surface area contributed by atoms with Crippen LogP contribution in [0.25, 0.3) is 5.70 Å². The van der Waals surface area contributed by atoms with E-state index in [-0.39, 0.29) is 12.5 Å². The lowest BCUT2D eigenvalue weighted by Crippen LogP contribution is -2.56. The van der Waals surface area contributed by atoms with Gasteiger partial charge in [-0.3, -0.25) is 5.32 Å². The number of hydrogen-bond acceptors (Lipinski definition) is 6. The van der Waals surface area contributed by atoms with Crippen LogP contribution in [0.1, 0.15) is 5.56 Å². The predicted octanol–water partition coefficient (Wildman–Crippen LogP) is 0.853. The van der Waals surface area contributed by atoms with E-state index in [0.717, 1.165) is 22.8 Å². The molecule has 1 aromatic carbocycles. The number of benzene rings is 1. The Bertz CT molecular complexity index is 585. The smallest absolute Gasteiger partial charge is 0.161 e. The molecule has 2 aliphatic heterocycles. The first-order valence-electron chi connectivity index (χ1n) is 6.85. The van der Waals surface area contributed by atoms with Crippen LogP contribution in [0.4, 0.5) is 0 Å². The Labute approximate surface area is 124 Å². The first-order valence-corrected chi connectivity index (χ1v) is 6.85. The van der Waals surface area contributed by atoms with Crippen molar-refractivity contribution in [3.05, 3.63) is 42.2 Å². The highest BCUT2D eigenvalue weighted by Gasteiger charge is 2.27. The number of nitrogens with zero attached hydrogens (tertiary/aromatic N) is 1. The summed E-state index contributed by atoms with van der Waals surface area (Å²) in [7, 11) is 5.20. The fourth-order valence-electron chi connectivity index (χ4n) is 2.49. The van der Waals surface area contributed by atoms with E-state index in [1.807, 2.05) is 25.2 Å². The van der Waals surface area contributed by atoms with Gasteiger partial charge in [-0.2, -0.15) is 0 Å². The van der Waals surface area contributed by atoms with Crippen molar-refractivity contribution in [1.29, 1.82) is 0 Å². The van der Waals surface area contributed by atoms with Gasteiger partial charge in [-0.15, -0.1) is 0 Å². The molecular formula is C15H20N4O2. The van der Waals surface area contributed by atoms with Crippen LogP contribution in [0.3, 0.4) is 0 Å². The van der Waals surface area contributed by atoms with Gasteiger partial charge in [0.15, 0.2) is 17.8 Å². The average molecular weight is 288 g/mol. The Hall–Kier alpha value is -2.18. The molecule has 0 amide bonds. The third-order valence-electron chi connectivity index (χ3n) is 3.66. The minimum absolute atomic E-state index is 0.0514. The lowest BCUT2D eigenvalue weighted by Gasteiger charge is -2.31. The van der Waals surface area contributed by atoms with Gasteiger partial charge < -0.3 is 25.0 Å². The van der Waals surface area contributed by atoms with Gasteiger partial charge in [0.2, 0.25) is 0 Å². The Balaban J connectivity index is 1.82. The Morgan fingerprint density at radius 1 is 1.19 bits per heavy atom. The predicted molar refractivity (Wildman–Crippen MR) is 81.4 cm³/mol. The second kappa shape index (κ2) is 5.67. The topological polar surface area (TPSA) is 57.8 Å². The van der Waals surface area contributed by atoms with Crippen molar-refractivity contribution in [3.8, 4) is 11.5 Å². The standard InChI is InChI=1S/C15H20N4O2/c1-16-14-6-7-19-9-11(17-15(19)18-14)10-4-5-12(20-2)13(8-10)21-3/h4-9,14-18H,1-3H3. The summed E-state index contributed by atoms with van der Waals surface area (Å²) < 4.78 is 10.6. The normalized spacial score (nSPS) is 23.4. The maximum atomic E-state index is 5.36. The minimum Gasteiger partial charge on any atom is -0.493 e. The Morgan fingerprint density at radius 3 is 2.71 bits per heavy atom. The van der Waals surface area contributed by atoms with E-state index < -0.39 is 0 Å². The maximum Gasteiger partial charge on any atom is 0.161 e. The van der Waals surface area contributed by atoms with Crippen LogP contribution >= 0.6 is 0 Å². The van der Waals surface area contributed by atoms with Crippen LogP contribution in [0, 0.1) is 0 Å². The van der Waals surface area contributed by atoms with Crippen LogP contribution in [-0.4, -0.2) is 38.6 Å². The molecule has 0 aromatic heterocycles. The van der Waals surface area contributed by atoms with Crippen LogP contribution in [0.15, 0.2) is 36.7 Å². The number of rotatable bonds is 4. The van der Waals surface area contributed by atoms with E-state index >= 15 is 0 Å². The lowest BCUT2D eigenvalue weighted by molar-refractivity contribution is 0.255. The van der Waals surface area contributed by atoms with Gasteiger partial charge in [0.1, 0.15) is 0 Å². The fourth-order valence-corrected chi connectivity index (χ4v) is 2.49. The van der Waals surface area contributed by atoms with Gasteiger partial charge >= 0.3 is 0 Å². The van der Waals surface area contributed by atoms with Crippen LogP contribution in [-0.2, 0) is 0 Å². The van der Waals surface area contributed by atoms with Crippen molar-refractivity contribution < 1.29 is 9.47 Å². The minimum atomic E-state index is 0.0514. The van der Waals surface area contributed by atoms with E-state index in [9.17, 15) is 0 Å². The quantitative estimate of drug-likeness (QED) is 0.764. The molecule has 0 saturated heterocycles. The molecule has 0 spiro atoms. The molecule has 0 fully saturated rings. The summed E-state index contributed by atoms with van der Waals surface area (Å²) in [5.74, 6) is 1.45. The highest BCUT2D eigenvalue weighted by atomic mass is 16.5. The maximum absolute atomic E-state index is 5.36. The number of nitrogens with one attached hydrogen (secondary N) is 3. The third-order valence-corrected chi connectivity index (χ3v) is 3.66. The van der Waals surface area contributed by atoms with E-state index in [0.29, 0.717) is 0 Å². The van der Waals surface area contributed by atoms with Crippen molar-refractivity contribution in [2.75, 3.05) is 21.3 Å². The Kier molecular flexibility index (Phi) is 3.72. The molecule has 0 radical (unpaired) electrons. The SMILES string of the molecule is CNC1C=CN2C=C(c3ccc(OC)c(OC)c3)NC2N1. The van der Waals surface area contributed by atoms with Gasteiger partial charge in [-0.1, -0.05) is 0 Å². The number of ether oxygens (including phenoxy) is 2. The van der Waals surface area contributed by atoms with Crippen molar-refractivity contribution in [3.63, 3.8) is 0 Å². The molecule has 0 aliphatic carbocycles. The van der Waals surface area contributed by atoms with E-state index in [4.69, 9.17) is 9.47 Å². The molecule has 2 aliphatic rings. The highest BCUT2D eigenvalue weighted by Crippen LogP contribution is 2.31. The van der Waals surface area contributed by atoms with Gasteiger partial charge in [-0.05, 0) is 31.3 Å². The zero-order valence-electron chi connectivity index (χ0n) is 12.4. The molecule has 2 unspecified atom stereocenters. The summed E-state index contributed by atoms with van der Waals surface area (Å²) in [6, 6.07) is 5.89. The summed E-state index contributed by atoms with van der Waals surface area (Å²) in [5, 5.41) is 10.1. The summed E-state index contributed by atoms with van der Waals surface area (Å²) >= 11 is 0. The van der Waals surface area contributed by atoms with Gasteiger partial charge in [0, 0.05) is 18.0 Å². The zero-order valence-corrected chi connectivity index (χ0v) is 12.4. The lowest BCUT2D eigenvalue weighted by atomic mass is 10.1. The second-order valence-electron chi connectivity index (χ2n) is 4.88. The molecule has 3 N–H and O–H groups in total. The largest absolute Gasteiger partial charge is 0.493 e. The highest BCUT2D eigenvalue weighted by molar-refractivity contribution is 5.68. The first kappa shape index (κ1) is 13.8. The van der Waals surface area contributed by atoms with Gasteiger partial charge in [0.25, 0.3) is 0 Å². The van der Waals surface area contributed by atoms with Gasteiger partial charge in [0.05, 0.1) is 26.1 Å². The van der Waals surface area contributed by atoms with Crippen molar-refractivity contribution in [1.82, 2.24) is 20.9 Å². The van der Waals surface area contributed by atoms with E-state index in [2.05, 4.69) is 39.3 Å². The molecule has 112 valence electrons. The number of fused-ring (bicyclic) bond motifs is 1. The molecule has 6 heteroatoms. The Morgan fingerprint density at radius 2 is 2.00 bits per heavy atom. The summed E-state index contributed by atoms with van der Waals surface area (Å²) in [6.07, 6.45) is 6.42. The zero-order chi connectivity index (χ0) is 14.8. The fraction of sp³-hybridized carbons (Fsp3) is 0.333. The molecule has 2 atom stereocenters. The second-order valence-corrected chi connectivity index (χ2v) is 4.88. The van der Waals surface area contributed by atoms with Gasteiger partial charge in [-0.25, -0.2) is 0 Å². The third kappa shape index (κ3) is 2.55. The molecule has 0 bridgehead atoms. The van der Waals surface area contributed by atoms with Crippen molar-refractivity contribution >= 4 is 5.70 Å². The number of methoxy groups -OCH3 is 2. The molecule has 6 nitrogen and oxygen atoms in total. The van der Waals surface area contributed by atoms with Crippen LogP contribution in [0.2, 0.25) is 0 Å². The van der Waals surface area contributed by atoms with E-state index in [1.165, 1.54) is 0 Å². The van der Waals surface area contributed by atoms with Crippen molar-refractivity contribution in [2.45, 2.75) is 12.5 Å². The molecule has 3 rings (SSSR count). The van der Waals surface area contributed by atoms with E-state index in [1.54, 1.807) is 14.2 Å². The molecular weight excluding hydrogens is 268 g/mol. The molecule has 2 heterocycles. The first-order chi connectivity index (χ1) is 10.2. The van der Waals surface area contributed by atoms with Crippen molar-refractivity contribution in [2.24, 2.45) is 0 Å². The average Bonchev–Trinajstić information content (AvgIpc) is 2.96. The number of hydrogen-bond donors (Lipinski definition) is 3. The van der Waals surface area contributed by atoms with Crippen LogP contribution < -0.4 is 25.4 Å². The molecule has 0 saturated carbocycles. The molecule has 21 heavy (non-hydrogen) atoms. The summed E-state index contributed by atoms with van der Waals surface area (Å²) in [5.41, 5.74) is 2.09. The number of likely N-dealkylation sites (N-methyl/N-ethyl adjacent to an activating group) is 1. The monoisotopic (exact) mass is 288 g/mol.